The van der Waals surface area contributed by atoms with Gasteiger partial charge >= 0.3 is 12.0 Å². The van der Waals surface area contributed by atoms with Crippen molar-refractivity contribution in [3.8, 4) is 11.5 Å². The summed E-state index contributed by atoms with van der Waals surface area (Å²) >= 11 is 0. The van der Waals surface area contributed by atoms with Gasteiger partial charge in [-0.25, -0.2) is 14.5 Å². The number of amides is 4. The summed E-state index contributed by atoms with van der Waals surface area (Å²) in [5, 5.41) is 4.35. The molecule has 9 nitrogen and oxygen atoms in total. The first-order valence-electron chi connectivity index (χ1n) is 12.7. The highest BCUT2D eigenvalue weighted by Gasteiger charge is 2.37. The van der Waals surface area contributed by atoms with Gasteiger partial charge < -0.3 is 14.2 Å². The van der Waals surface area contributed by atoms with E-state index in [-0.39, 0.29) is 23.4 Å². The Kier molecular flexibility index (Phi) is 7.51. The predicted molar refractivity (Wildman–Crippen MR) is 153 cm³/mol. The highest BCUT2D eigenvalue weighted by molar-refractivity contribution is 6.39. The molecule has 1 fully saturated rings. The molecule has 1 aliphatic heterocycles. The molecule has 4 aromatic rings. The van der Waals surface area contributed by atoms with Gasteiger partial charge in [0.2, 0.25) is 0 Å². The van der Waals surface area contributed by atoms with E-state index < -0.39 is 23.8 Å². The molecule has 0 aromatic heterocycles. The number of anilines is 1. The molecule has 1 aliphatic rings. The second kappa shape index (κ2) is 11.4. The van der Waals surface area contributed by atoms with Crippen LogP contribution < -0.4 is 19.7 Å². The summed E-state index contributed by atoms with van der Waals surface area (Å²) in [6.45, 7) is 2.24. The molecule has 4 amide bonds. The molecule has 0 spiro atoms. The molecular formula is C32H26N2O7. The first-order chi connectivity index (χ1) is 19.8. The van der Waals surface area contributed by atoms with Gasteiger partial charge in [0.25, 0.3) is 11.8 Å². The van der Waals surface area contributed by atoms with E-state index in [4.69, 9.17) is 14.2 Å². The van der Waals surface area contributed by atoms with Crippen LogP contribution in [0.5, 0.6) is 11.5 Å². The number of carbonyl (C=O) groups excluding carboxylic acids is 4. The van der Waals surface area contributed by atoms with E-state index in [0.29, 0.717) is 17.1 Å². The Morgan fingerprint density at radius 1 is 0.927 bits per heavy atom. The molecular weight excluding hydrogens is 524 g/mol. The maximum Gasteiger partial charge on any atom is 0.337 e. The topological polar surface area (TPSA) is 111 Å². The third-order valence-corrected chi connectivity index (χ3v) is 6.82. The molecule has 206 valence electrons. The molecule has 5 rings (SSSR count). The number of nitrogens with zero attached hydrogens (tertiary/aromatic N) is 1. The Hall–Kier alpha value is -5.44. The van der Waals surface area contributed by atoms with Gasteiger partial charge in [0.15, 0.2) is 0 Å². The molecule has 41 heavy (non-hydrogen) atoms. The summed E-state index contributed by atoms with van der Waals surface area (Å²) in [4.78, 5) is 51.5. The van der Waals surface area contributed by atoms with Crippen molar-refractivity contribution in [3.05, 3.63) is 107 Å². The van der Waals surface area contributed by atoms with E-state index in [1.165, 1.54) is 44.6 Å². The van der Waals surface area contributed by atoms with Gasteiger partial charge in [-0.2, -0.15) is 0 Å². The molecule has 0 atom stereocenters. The monoisotopic (exact) mass is 550 g/mol. The predicted octanol–water partition coefficient (Wildman–Crippen LogP) is 5.19. The minimum absolute atomic E-state index is 0.177. The minimum atomic E-state index is -0.902. The summed E-state index contributed by atoms with van der Waals surface area (Å²) < 4.78 is 16.3. The lowest BCUT2D eigenvalue weighted by atomic mass is 10.0. The summed E-state index contributed by atoms with van der Waals surface area (Å²) in [6.07, 6.45) is 1.38. The smallest absolute Gasteiger partial charge is 0.337 e. The van der Waals surface area contributed by atoms with E-state index in [1.54, 1.807) is 18.2 Å². The molecule has 0 unspecified atom stereocenters. The molecule has 0 aliphatic carbocycles. The van der Waals surface area contributed by atoms with Crippen LogP contribution in [0.1, 0.15) is 27.0 Å². The number of benzene rings is 4. The summed E-state index contributed by atoms with van der Waals surface area (Å²) in [6, 6.07) is 21.9. The van der Waals surface area contributed by atoms with Crippen LogP contribution in [0.4, 0.5) is 10.5 Å². The number of urea groups is 1. The van der Waals surface area contributed by atoms with Crippen LogP contribution in [0.15, 0.2) is 84.4 Å². The first kappa shape index (κ1) is 27.1. The number of hydrogen-bond donors (Lipinski definition) is 1. The number of methoxy groups -OCH3 is 2. The molecule has 0 saturated carbocycles. The zero-order valence-electron chi connectivity index (χ0n) is 22.6. The number of imide groups is 2. The van der Waals surface area contributed by atoms with E-state index in [9.17, 15) is 19.2 Å². The number of aryl methyl sites for hydroxylation is 1. The fraction of sp³-hybridized carbons (Fsp3) is 0.125. The lowest BCUT2D eigenvalue weighted by Gasteiger charge is -2.26. The van der Waals surface area contributed by atoms with E-state index in [0.717, 1.165) is 26.8 Å². The van der Waals surface area contributed by atoms with Gasteiger partial charge in [-0.3, -0.25) is 14.9 Å². The molecule has 4 aromatic carbocycles. The third-order valence-electron chi connectivity index (χ3n) is 6.82. The molecule has 1 N–H and O–H groups in total. The van der Waals surface area contributed by atoms with Crippen LogP contribution in [0.2, 0.25) is 0 Å². The largest absolute Gasteiger partial charge is 0.497 e. The van der Waals surface area contributed by atoms with Gasteiger partial charge in [-0.05, 0) is 65.7 Å². The molecule has 0 radical (unpaired) electrons. The fourth-order valence-electron chi connectivity index (χ4n) is 4.58. The Morgan fingerprint density at radius 3 is 2.41 bits per heavy atom. The summed E-state index contributed by atoms with van der Waals surface area (Å²) in [5.74, 6) is -1.31. The summed E-state index contributed by atoms with van der Waals surface area (Å²) in [5.41, 5.74) is 2.66. The summed E-state index contributed by atoms with van der Waals surface area (Å²) in [7, 11) is 2.78. The van der Waals surface area contributed by atoms with Crippen molar-refractivity contribution in [2.45, 2.75) is 13.5 Å². The van der Waals surface area contributed by atoms with Gasteiger partial charge in [0.1, 0.15) is 23.7 Å². The standard InChI is InChI=1S/C32H26N2O7/c1-19-8-9-20-6-4-5-7-25(20)27(19)18-41-28-17-24(39-2)15-12-22(28)16-26-29(35)33-32(38)34(30(26)36)23-13-10-21(11-14-23)31(37)40-3/h4-17H,18H2,1-3H3,(H,33,35,38)/b26-16+. The average Bonchev–Trinajstić information content (AvgIpc) is 2.99. The maximum absolute atomic E-state index is 13.4. The quantitative estimate of drug-likeness (QED) is 0.192. The normalized spacial score (nSPS) is 14.3. The van der Waals surface area contributed by atoms with Crippen molar-refractivity contribution in [1.29, 1.82) is 0 Å². The zero-order valence-corrected chi connectivity index (χ0v) is 22.6. The lowest BCUT2D eigenvalue weighted by Crippen LogP contribution is -2.54. The number of barbiturate groups is 1. The molecule has 0 bridgehead atoms. The van der Waals surface area contributed by atoms with Crippen LogP contribution in [-0.2, 0) is 20.9 Å². The lowest BCUT2D eigenvalue weighted by molar-refractivity contribution is -0.122. The van der Waals surface area contributed by atoms with Crippen molar-refractivity contribution in [2.75, 3.05) is 19.1 Å². The number of ether oxygens (including phenoxy) is 3. The van der Waals surface area contributed by atoms with Gasteiger partial charge in [-0.15, -0.1) is 0 Å². The van der Waals surface area contributed by atoms with Crippen molar-refractivity contribution < 1.29 is 33.4 Å². The first-order valence-corrected chi connectivity index (χ1v) is 12.7. The molecule has 9 heteroatoms. The van der Waals surface area contributed by atoms with E-state index >= 15 is 0 Å². The van der Waals surface area contributed by atoms with Crippen LogP contribution in [-0.4, -0.2) is 38.0 Å². The van der Waals surface area contributed by atoms with Crippen LogP contribution in [0.3, 0.4) is 0 Å². The van der Waals surface area contributed by atoms with Crippen LogP contribution >= 0.6 is 0 Å². The van der Waals surface area contributed by atoms with Gasteiger partial charge in [0, 0.05) is 17.2 Å². The molecule has 1 saturated heterocycles. The van der Waals surface area contributed by atoms with E-state index in [1.807, 2.05) is 37.3 Å². The number of esters is 1. The van der Waals surface area contributed by atoms with Crippen molar-refractivity contribution in [2.24, 2.45) is 0 Å². The second-order valence-electron chi connectivity index (χ2n) is 9.27. The Balaban J connectivity index is 1.49. The number of rotatable bonds is 7. The van der Waals surface area contributed by atoms with Crippen molar-refractivity contribution in [3.63, 3.8) is 0 Å². The number of carbonyl (C=O) groups is 4. The third kappa shape index (κ3) is 5.38. The average molecular weight is 551 g/mol. The highest BCUT2D eigenvalue weighted by Crippen LogP contribution is 2.31. The number of nitrogens with one attached hydrogen (secondary N) is 1. The fourth-order valence-corrected chi connectivity index (χ4v) is 4.58. The van der Waals surface area contributed by atoms with Gasteiger partial charge in [-0.1, -0.05) is 36.4 Å². The SMILES string of the molecule is COC(=O)c1ccc(N2C(=O)NC(=O)/C(=C\c3ccc(OC)cc3OCc3c(C)ccc4ccccc34)C2=O)cc1. The minimum Gasteiger partial charge on any atom is -0.497 e. The van der Waals surface area contributed by atoms with Crippen LogP contribution in [0, 0.1) is 6.92 Å². The second-order valence-corrected chi connectivity index (χ2v) is 9.27. The Morgan fingerprint density at radius 2 is 1.68 bits per heavy atom. The Labute approximate surface area is 235 Å². The number of hydrogen-bond acceptors (Lipinski definition) is 7. The maximum atomic E-state index is 13.4. The van der Waals surface area contributed by atoms with Crippen molar-refractivity contribution >= 4 is 46.4 Å². The van der Waals surface area contributed by atoms with E-state index in [2.05, 4.69) is 11.4 Å². The molecule has 1 heterocycles. The number of fused-ring (bicyclic) bond motifs is 1. The van der Waals surface area contributed by atoms with Gasteiger partial charge in [0.05, 0.1) is 25.5 Å². The van der Waals surface area contributed by atoms with Crippen molar-refractivity contribution in [1.82, 2.24) is 5.32 Å². The van der Waals surface area contributed by atoms with Crippen LogP contribution in [0.25, 0.3) is 16.8 Å². The zero-order chi connectivity index (χ0) is 29.1. The Bertz CT molecular complexity index is 1720. The highest BCUT2D eigenvalue weighted by atomic mass is 16.5.